The Balaban J connectivity index is 0.00000341. The molecule has 0 aliphatic rings. The van der Waals surface area contributed by atoms with Gasteiger partial charge in [-0.05, 0) is 90.7 Å². The second kappa shape index (κ2) is 32.5. The summed E-state index contributed by atoms with van der Waals surface area (Å²) in [4.78, 5) is 122. The number of unbranched alkanes of at least 4 members (excludes halogenated alkanes) is 1. The first-order valence-electron chi connectivity index (χ1n) is 26.2. The second-order valence-corrected chi connectivity index (χ2v) is 20.5. The van der Waals surface area contributed by atoms with E-state index in [2.05, 4.69) is 67.5 Å². The number of carbonyl (C=O) groups is 9. The number of H-pyrrole nitrogens is 1. The molecule has 4 aromatic carbocycles. The predicted octanol–water partition coefficient (Wildman–Crippen LogP) is 0.377. The van der Waals surface area contributed by atoms with Crippen molar-refractivity contribution in [3.63, 3.8) is 0 Å². The van der Waals surface area contributed by atoms with E-state index < -0.39 is 114 Å². The molecular formula is C56H75N11O12S2. The number of thiol groups is 2. The highest BCUT2D eigenvalue weighted by molar-refractivity contribution is 7.80. The van der Waals surface area contributed by atoms with Gasteiger partial charge in [-0.15, -0.1) is 0 Å². The Labute approximate surface area is 480 Å². The van der Waals surface area contributed by atoms with Gasteiger partial charge in [0.25, 0.3) is 5.97 Å². The number of phenolic OH excluding ortho intramolecular Hbond substituents is 1. The van der Waals surface area contributed by atoms with Gasteiger partial charge in [0, 0.05) is 48.4 Å². The Morgan fingerprint density at radius 3 is 1.65 bits per heavy atom. The summed E-state index contributed by atoms with van der Waals surface area (Å²) < 4.78 is 0. The van der Waals surface area contributed by atoms with Crippen LogP contribution in [-0.2, 0) is 62.4 Å². The number of aliphatic hydroxyl groups excluding tert-OH is 1. The maximum atomic E-state index is 14.8. The lowest BCUT2D eigenvalue weighted by atomic mass is 10.00. The van der Waals surface area contributed by atoms with Crippen molar-refractivity contribution in [2.24, 2.45) is 23.1 Å². The van der Waals surface area contributed by atoms with E-state index in [0.29, 0.717) is 24.0 Å². The molecule has 0 radical (unpaired) electrons. The zero-order chi connectivity index (χ0) is 59.9. The van der Waals surface area contributed by atoms with Gasteiger partial charge in [0.1, 0.15) is 48.0 Å². The Bertz CT molecular complexity index is 2960. The molecule has 0 spiro atoms. The first-order valence-corrected chi connectivity index (χ1v) is 27.5. The summed E-state index contributed by atoms with van der Waals surface area (Å²) >= 11 is 8.54. The summed E-state index contributed by atoms with van der Waals surface area (Å²) in [5.41, 5.74) is 20.2. The molecule has 5 aromatic rings. The van der Waals surface area contributed by atoms with Crippen LogP contribution in [0, 0.1) is 5.92 Å². The Kier molecular flexibility index (Phi) is 26.4. The summed E-state index contributed by atoms with van der Waals surface area (Å²) in [5.74, 6) is -8.34. The van der Waals surface area contributed by atoms with Gasteiger partial charge >= 0.3 is 0 Å². The van der Waals surface area contributed by atoms with Gasteiger partial charge in [0.2, 0.25) is 47.3 Å². The molecule has 0 fully saturated rings. The molecule has 0 aliphatic heterocycles. The van der Waals surface area contributed by atoms with Gasteiger partial charge in [-0.25, -0.2) is 0 Å². The number of primary amides is 1. The average molecular weight is 1160 g/mol. The van der Waals surface area contributed by atoms with Crippen LogP contribution in [0.4, 0.5) is 0 Å². The minimum Gasteiger partial charge on any atom is -0.508 e. The van der Waals surface area contributed by atoms with Crippen molar-refractivity contribution < 1.29 is 58.5 Å². The van der Waals surface area contributed by atoms with E-state index in [1.807, 2.05) is 60.7 Å². The van der Waals surface area contributed by atoms with Crippen LogP contribution in [-0.4, -0.2) is 146 Å². The molecule has 9 atom stereocenters. The fourth-order valence-electron chi connectivity index (χ4n) is 8.50. The molecule has 8 amide bonds. The Hall–Kier alpha value is -7.71. The monoisotopic (exact) mass is 1160 g/mol. The predicted molar refractivity (Wildman–Crippen MR) is 313 cm³/mol. The normalized spacial score (nSPS) is 14.4. The summed E-state index contributed by atoms with van der Waals surface area (Å²) in [6.45, 7) is 5.89. The highest BCUT2D eigenvalue weighted by Crippen LogP contribution is 2.21. The van der Waals surface area contributed by atoms with Crippen molar-refractivity contribution in [1.82, 2.24) is 42.2 Å². The van der Waals surface area contributed by atoms with Gasteiger partial charge in [-0.3, -0.25) is 43.2 Å². The van der Waals surface area contributed by atoms with E-state index in [1.54, 1.807) is 38.2 Å². The third-order valence-electron chi connectivity index (χ3n) is 12.9. The highest BCUT2D eigenvalue weighted by atomic mass is 32.1. The fraction of sp³-hybridized carbons (Fsp3) is 0.411. The van der Waals surface area contributed by atoms with E-state index in [0.717, 1.165) is 34.2 Å². The minimum atomic E-state index is -1.46. The molecule has 25 heteroatoms. The number of rotatable bonds is 29. The molecule has 1 aromatic heterocycles. The quantitative estimate of drug-likeness (QED) is 0.0228. The number of phenols is 1. The number of nitrogens with one attached hydrogen (secondary N) is 8. The van der Waals surface area contributed by atoms with Crippen LogP contribution in [0.2, 0.25) is 0 Å². The molecule has 438 valence electrons. The molecule has 5 rings (SSSR count). The van der Waals surface area contributed by atoms with Crippen molar-refractivity contribution in [2.45, 2.75) is 121 Å². The van der Waals surface area contributed by atoms with Crippen LogP contribution in [0.25, 0.3) is 21.7 Å². The first kappa shape index (κ1) is 65.8. The van der Waals surface area contributed by atoms with Crippen molar-refractivity contribution in [3.8, 4) is 5.75 Å². The molecular weight excluding hydrogens is 1080 g/mol. The Morgan fingerprint density at radius 2 is 1.07 bits per heavy atom. The number of aromatic hydroxyl groups is 1. The van der Waals surface area contributed by atoms with Gasteiger partial charge in [0.05, 0.1) is 12.1 Å². The number of carboxylic acids is 1. The SMILES string of the molecule is CC(=O)O.CC(C)[C@H](NC(=O)[C@H](CCCCN)NC(=O)[C@H](Cc1c[nH]c2ccccc12)NC(=O)[C@H](Cc1ccc(O)cc1)NC(=O)[C@H](CS)NC(=O)[C@@H](N)Cc1ccc2ccccc2c1)C(=O)N[C@@H](CS)C(=O)N[C@H](C(N)=O)[C@@H](C)O. The summed E-state index contributed by atoms with van der Waals surface area (Å²) in [5, 5.41) is 48.7. The number of hydrogen-bond acceptors (Lipinski definition) is 15. The van der Waals surface area contributed by atoms with Gasteiger partial charge in [-0.1, -0.05) is 86.6 Å². The van der Waals surface area contributed by atoms with Gasteiger partial charge < -0.3 is 74.7 Å². The number of aliphatic carboxylic acids is 1. The van der Waals surface area contributed by atoms with Crippen molar-refractivity contribution in [1.29, 1.82) is 0 Å². The summed E-state index contributed by atoms with van der Waals surface area (Å²) in [6, 6.07) is 16.2. The topological polar surface area (TPSA) is 392 Å². The number of amides is 8. The molecule has 0 bridgehead atoms. The highest BCUT2D eigenvalue weighted by Gasteiger charge is 2.36. The zero-order valence-electron chi connectivity index (χ0n) is 45.5. The second-order valence-electron chi connectivity index (χ2n) is 19.8. The molecule has 0 unspecified atom stereocenters. The lowest BCUT2D eigenvalue weighted by Crippen LogP contribution is -2.62. The third kappa shape index (κ3) is 20.7. The number of nitrogens with two attached hydrogens (primary N) is 3. The van der Waals surface area contributed by atoms with E-state index in [-0.39, 0.29) is 49.5 Å². The smallest absolute Gasteiger partial charge is 0.300 e. The molecule has 17 N–H and O–H groups in total. The number of aromatic nitrogens is 1. The molecule has 23 nitrogen and oxygen atoms in total. The van der Waals surface area contributed by atoms with Gasteiger partial charge in [0.15, 0.2) is 0 Å². The van der Waals surface area contributed by atoms with E-state index in [4.69, 9.17) is 27.1 Å². The number of benzene rings is 4. The lowest BCUT2D eigenvalue weighted by Gasteiger charge is -2.29. The average Bonchev–Trinajstić information content (AvgIpc) is 3.84. The third-order valence-corrected chi connectivity index (χ3v) is 13.6. The number of para-hydroxylation sites is 1. The summed E-state index contributed by atoms with van der Waals surface area (Å²) in [7, 11) is 0. The molecule has 0 saturated heterocycles. The minimum absolute atomic E-state index is 0.0459. The maximum absolute atomic E-state index is 14.8. The van der Waals surface area contributed by atoms with Crippen LogP contribution < -0.4 is 54.4 Å². The number of carbonyl (C=O) groups excluding carboxylic acids is 8. The van der Waals surface area contributed by atoms with E-state index in [1.165, 1.54) is 19.1 Å². The zero-order valence-corrected chi connectivity index (χ0v) is 47.3. The van der Waals surface area contributed by atoms with Crippen molar-refractivity contribution in [2.75, 3.05) is 18.1 Å². The number of aliphatic hydroxyl groups is 1. The number of hydrogen-bond donors (Lipinski definition) is 16. The van der Waals surface area contributed by atoms with Crippen LogP contribution in [0.5, 0.6) is 5.75 Å². The molecule has 81 heavy (non-hydrogen) atoms. The number of fused-ring (bicyclic) bond motifs is 2. The standard InChI is InChI=1S/C54H71N11O10S2.C2H4O2/c1-29(2)45(54(75)63-44(28-77)53(74)65-46(30(3)66)47(57)68)64-49(70)40(14-8-9-21-55)59-51(72)42(25-35-26-58-39-13-7-6-12-37(35)39)61-50(71)41(24-31-16-19-36(67)20-17-31)60-52(73)43(27-76)62-48(69)38(56)23-32-15-18-33-10-4-5-11-34(33)22-32;1-2(3)4/h4-7,10-13,15-20,22,26,29-30,38,40-46,58,66-67,76-77H,8-9,14,21,23-25,27-28,55-56H2,1-3H3,(H2,57,68)(H,59,72)(H,60,73)(H,61,71)(H,62,69)(H,63,75)(H,64,70)(H,65,74);1H3,(H,3,4)/t30-,38+,40+,41+,42+,43+,44+,45+,46+;/m1./s1. The lowest BCUT2D eigenvalue weighted by molar-refractivity contribution is -0.136. The van der Waals surface area contributed by atoms with Crippen LogP contribution in [0.3, 0.4) is 0 Å². The van der Waals surface area contributed by atoms with Crippen LogP contribution in [0.15, 0.2) is 97.2 Å². The van der Waals surface area contributed by atoms with Crippen LogP contribution in [0.1, 0.15) is 63.6 Å². The summed E-state index contributed by atoms with van der Waals surface area (Å²) in [6.07, 6.45) is 1.12. The largest absolute Gasteiger partial charge is 0.508 e. The van der Waals surface area contributed by atoms with Crippen molar-refractivity contribution >= 4 is 100 Å². The van der Waals surface area contributed by atoms with E-state index in [9.17, 15) is 48.6 Å². The number of aromatic amines is 1. The number of carboxylic acid groups (broad SMARTS) is 1. The molecule has 0 saturated carbocycles. The van der Waals surface area contributed by atoms with E-state index >= 15 is 0 Å². The fourth-order valence-corrected chi connectivity index (χ4v) is 9.01. The Morgan fingerprint density at radius 1 is 0.580 bits per heavy atom. The van der Waals surface area contributed by atoms with Gasteiger partial charge in [-0.2, -0.15) is 25.3 Å². The molecule has 0 aliphatic carbocycles. The maximum Gasteiger partial charge on any atom is 0.300 e. The van der Waals surface area contributed by atoms with Crippen LogP contribution >= 0.6 is 25.3 Å². The molecule has 1 heterocycles. The first-order chi connectivity index (χ1) is 38.5. The van der Waals surface area contributed by atoms with Crippen molar-refractivity contribution in [3.05, 3.63) is 114 Å².